The summed E-state index contributed by atoms with van der Waals surface area (Å²) in [6, 6.07) is 32.2. The lowest BCUT2D eigenvalue weighted by atomic mass is 9.90. The first-order valence-electron chi connectivity index (χ1n) is 11.2. The van der Waals surface area contributed by atoms with Gasteiger partial charge in [-0.3, -0.25) is 0 Å². The third-order valence-electron chi connectivity index (χ3n) is 6.30. The van der Waals surface area contributed by atoms with Gasteiger partial charge in [-0.05, 0) is 55.2 Å². The molecule has 0 aromatic heterocycles. The van der Waals surface area contributed by atoms with Gasteiger partial charge in [0.15, 0.2) is 24.8 Å². The zero-order chi connectivity index (χ0) is 26.0. The molecule has 10 heteroatoms. The van der Waals surface area contributed by atoms with Crippen LogP contribution < -0.4 is 0 Å². The molecule has 1 heterocycles. The number of benzene rings is 3. The van der Waals surface area contributed by atoms with E-state index in [0.29, 0.717) is 0 Å². The zero-order valence-corrected chi connectivity index (χ0v) is 20.6. The lowest BCUT2D eigenvalue weighted by Crippen LogP contribution is -2.53. The van der Waals surface area contributed by atoms with E-state index in [1.54, 1.807) is 0 Å². The van der Waals surface area contributed by atoms with Crippen LogP contribution >= 0.6 is 0 Å². The molecule has 1 saturated carbocycles. The van der Waals surface area contributed by atoms with E-state index < -0.39 is 39.2 Å². The molecule has 1 aliphatic carbocycles. The van der Waals surface area contributed by atoms with Crippen molar-refractivity contribution in [3.05, 3.63) is 91.0 Å². The number of rotatable bonds is 6. The third-order valence-corrected chi connectivity index (χ3v) is 9.43. The van der Waals surface area contributed by atoms with E-state index >= 15 is 0 Å². The number of hydrogen-bond acceptors (Lipinski definition) is 4. The Morgan fingerprint density at radius 2 is 1.17 bits per heavy atom. The molecule has 0 amide bonds. The Labute approximate surface area is 210 Å². The van der Waals surface area contributed by atoms with Gasteiger partial charge in [-0.2, -0.15) is 17.6 Å². The van der Waals surface area contributed by atoms with Crippen LogP contribution in [-0.4, -0.2) is 36.9 Å². The standard InChI is InChI=1S/C18H15S.C8H10F4O4S/c1-4-10-16(11-5-1)19(17-12-6-2-7-13-17)18-14-8-3-9-15-18;9-7(10,8(11,12)17(13,14)15)6-2-5-1-4(6)3-16-5/h1-15H;4-6H,1-3H2,(H,13,14,15)/q+1;/p-1. The Balaban J connectivity index is 0.000000170. The first-order chi connectivity index (χ1) is 17.0. The van der Waals surface area contributed by atoms with Crippen LogP contribution in [0, 0.1) is 11.8 Å². The van der Waals surface area contributed by atoms with Gasteiger partial charge in [0.1, 0.15) is 0 Å². The maximum atomic E-state index is 13.5. The minimum Gasteiger partial charge on any atom is -0.743 e. The maximum absolute atomic E-state index is 13.5. The molecular weight excluding hydrogens is 516 g/mol. The molecule has 36 heavy (non-hydrogen) atoms. The van der Waals surface area contributed by atoms with E-state index in [9.17, 15) is 30.5 Å². The number of halogens is 4. The molecular formula is C26H24F4O4S2. The van der Waals surface area contributed by atoms with Crippen LogP contribution in [0.15, 0.2) is 106 Å². The highest BCUT2D eigenvalue weighted by Gasteiger charge is 2.69. The quantitative estimate of drug-likeness (QED) is 0.220. The van der Waals surface area contributed by atoms with E-state index in [-0.39, 0.29) is 30.3 Å². The molecule has 2 fully saturated rings. The molecule has 0 N–H and O–H groups in total. The highest BCUT2D eigenvalue weighted by molar-refractivity contribution is 7.97. The van der Waals surface area contributed by atoms with Crippen molar-refractivity contribution < 1.29 is 35.3 Å². The van der Waals surface area contributed by atoms with Crippen LogP contribution in [0.4, 0.5) is 17.6 Å². The maximum Gasteiger partial charge on any atom is 0.396 e. The Morgan fingerprint density at radius 1 is 0.750 bits per heavy atom. The Kier molecular flexibility index (Phi) is 7.80. The summed E-state index contributed by atoms with van der Waals surface area (Å²) < 4.78 is 88.6. The highest BCUT2D eigenvalue weighted by Crippen LogP contribution is 2.54. The summed E-state index contributed by atoms with van der Waals surface area (Å²) in [6.45, 7) is -0.0973. The molecule has 2 bridgehead atoms. The largest absolute Gasteiger partial charge is 0.743 e. The second kappa shape index (κ2) is 10.5. The molecule has 3 unspecified atom stereocenters. The molecule has 2 aliphatic rings. The van der Waals surface area contributed by atoms with Crippen molar-refractivity contribution in [1.29, 1.82) is 0 Å². The summed E-state index contributed by atoms with van der Waals surface area (Å²) >= 11 is 0. The monoisotopic (exact) mass is 540 g/mol. The normalized spacial score (nSPS) is 21.8. The number of ether oxygens (including phenoxy) is 1. The number of fused-ring (bicyclic) bond motifs is 2. The Morgan fingerprint density at radius 3 is 1.47 bits per heavy atom. The first kappa shape index (κ1) is 26.7. The molecule has 3 atom stereocenters. The van der Waals surface area contributed by atoms with Crippen LogP contribution in [0.5, 0.6) is 0 Å². The minimum atomic E-state index is -6.39. The highest BCUT2D eigenvalue weighted by atomic mass is 32.2. The predicted octanol–water partition coefficient (Wildman–Crippen LogP) is 5.97. The van der Waals surface area contributed by atoms with Crippen molar-refractivity contribution in [3.63, 3.8) is 0 Å². The average Bonchev–Trinajstić information content (AvgIpc) is 3.50. The molecule has 1 saturated heterocycles. The fourth-order valence-electron chi connectivity index (χ4n) is 4.56. The van der Waals surface area contributed by atoms with Gasteiger partial charge in [-0.1, -0.05) is 54.6 Å². The smallest absolute Gasteiger partial charge is 0.396 e. The van der Waals surface area contributed by atoms with Gasteiger partial charge in [0.25, 0.3) is 0 Å². The summed E-state index contributed by atoms with van der Waals surface area (Å²) in [5.41, 5.74) is 0. The second-order valence-electron chi connectivity index (χ2n) is 8.63. The fraction of sp³-hybridized carbons (Fsp3) is 0.308. The first-order valence-corrected chi connectivity index (χ1v) is 13.9. The summed E-state index contributed by atoms with van der Waals surface area (Å²) in [4.78, 5) is 4.08. The molecule has 4 nitrogen and oxygen atoms in total. The van der Waals surface area contributed by atoms with Crippen LogP contribution in [0.2, 0.25) is 0 Å². The molecule has 5 rings (SSSR count). The van der Waals surface area contributed by atoms with Crippen molar-refractivity contribution in [1.82, 2.24) is 0 Å². The summed E-state index contributed by atoms with van der Waals surface area (Å²) in [6.07, 6.45) is -0.682. The van der Waals surface area contributed by atoms with Crippen LogP contribution in [0.25, 0.3) is 0 Å². The molecule has 1 aliphatic heterocycles. The predicted molar refractivity (Wildman–Crippen MR) is 127 cm³/mol. The molecule has 3 aromatic carbocycles. The summed E-state index contributed by atoms with van der Waals surface area (Å²) in [5.74, 6) is -7.49. The van der Waals surface area contributed by atoms with Crippen molar-refractivity contribution in [3.8, 4) is 0 Å². The van der Waals surface area contributed by atoms with Gasteiger partial charge >= 0.3 is 11.2 Å². The van der Waals surface area contributed by atoms with Crippen molar-refractivity contribution in [2.45, 2.75) is 44.8 Å². The van der Waals surface area contributed by atoms with E-state index in [1.165, 1.54) is 14.7 Å². The Hall–Kier alpha value is -2.40. The van der Waals surface area contributed by atoms with E-state index in [0.717, 1.165) is 0 Å². The van der Waals surface area contributed by atoms with E-state index in [4.69, 9.17) is 4.74 Å². The second-order valence-corrected chi connectivity index (χ2v) is 12.1. The van der Waals surface area contributed by atoms with Crippen molar-refractivity contribution in [2.24, 2.45) is 11.8 Å². The minimum absolute atomic E-state index is 0.0146. The SMILES string of the molecule is O=S(=O)([O-])C(F)(F)C(F)(F)C1CC2CC1CO2.c1ccc([S+](c2ccccc2)c2ccccc2)cc1. The van der Waals surface area contributed by atoms with Crippen LogP contribution in [-0.2, 0) is 25.7 Å². The van der Waals surface area contributed by atoms with Gasteiger partial charge in [-0.15, -0.1) is 0 Å². The molecule has 192 valence electrons. The molecule has 0 spiro atoms. The van der Waals surface area contributed by atoms with Gasteiger partial charge in [0.05, 0.1) is 23.6 Å². The van der Waals surface area contributed by atoms with Crippen LogP contribution in [0.1, 0.15) is 12.8 Å². The lowest BCUT2D eigenvalue weighted by Gasteiger charge is -2.36. The van der Waals surface area contributed by atoms with Crippen molar-refractivity contribution >= 4 is 21.0 Å². The Bertz CT molecular complexity index is 1150. The average molecular weight is 541 g/mol. The van der Waals surface area contributed by atoms with Crippen LogP contribution in [0.3, 0.4) is 0 Å². The van der Waals surface area contributed by atoms with Gasteiger partial charge < -0.3 is 9.29 Å². The number of hydrogen-bond donors (Lipinski definition) is 0. The zero-order valence-electron chi connectivity index (χ0n) is 19.0. The van der Waals surface area contributed by atoms with Gasteiger partial charge in [0.2, 0.25) is 0 Å². The van der Waals surface area contributed by atoms with E-state index in [1.807, 2.05) is 0 Å². The van der Waals surface area contributed by atoms with Crippen molar-refractivity contribution in [2.75, 3.05) is 6.61 Å². The summed E-state index contributed by atoms with van der Waals surface area (Å²) in [7, 11) is -6.40. The summed E-state index contributed by atoms with van der Waals surface area (Å²) in [5, 5.41) is -5.57. The van der Waals surface area contributed by atoms with Gasteiger partial charge in [0, 0.05) is 5.92 Å². The van der Waals surface area contributed by atoms with Gasteiger partial charge in [-0.25, -0.2) is 8.42 Å². The number of alkyl halides is 4. The van der Waals surface area contributed by atoms with E-state index in [2.05, 4.69) is 91.0 Å². The third kappa shape index (κ3) is 5.32. The lowest BCUT2D eigenvalue weighted by molar-refractivity contribution is -0.209. The molecule has 3 aromatic rings. The molecule has 0 radical (unpaired) electrons. The fourth-order valence-corrected chi connectivity index (χ4v) is 7.15. The topological polar surface area (TPSA) is 66.4 Å².